The van der Waals surface area contributed by atoms with E-state index in [0.29, 0.717) is 17.7 Å². The van der Waals surface area contributed by atoms with E-state index >= 15 is 0 Å². The molecule has 2 unspecified atom stereocenters. The van der Waals surface area contributed by atoms with Gasteiger partial charge >= 0.3 is 0 Å². The molecule has 0 bridgehead atoms. The monoisotopic (exact) mass is 192 g/mol. The average molecular weight is 192 g/mol. The number of furan rings is 1. The average Bonchev–Trinajstić information content (AvgIpc) is 2.75. The van der Waals surface area contributed by atoms with Gasteiger partial charge in [-0.05, 0) is 12.1 Å². The maximum Gasteiger partial charge on any atom is 0.289 e. The van der Waals surface area contributed by atoms with Crippen LogP contribution in [0, 0.1) is 5.92 Å². The Kier molecular flexibility index (Phi) is 1.64. The third kappa shape index (κ3) is 1.07. The summed E-state index contributed by atoms with van der Waals surface area (Å²) in [5.41, 5.74) is 0. The Labute approximate surface area is 81.9 Å². The number of nitrogens with zero attached hydrogens (tertiary/aromatic N) is 1. The van der Waals surface area contributed by atoms with Crippen LogP contribution < -0.4 is 5.32 Å². The van der Waals surface area contributed by atoms with E-state index in [0.717, 1.165) is 19.6 Å². The fourth-order valence-electron chi connectivity index (χ4n) is 2.17. The largest absolute Gasteiger partial charge is 0.459 e. The van der Waals surface area contributed by atoms with Gasteiger partial charge in [-0.2, -0.15) is 0 Å². The number of carbonyl (C=O) groups is 1. The molecule has 1 aromatic rings. The molecule has 0 aliphatic carbocycles. The SMILES string of the molecule is O=C(c1ccco1)N1CC2CNC2C1. The van der Waals surface area contributed by atoms with E-state index in [4.69, 9.17) is 4.42 Å². The third-order valence-corrected chi connectivity index (χ3v) is 3.10. The molecule has 4 nitrogen and oxygen atoms in total. The lowest BCUT2D eigenvalue weighted by molar-refractivity contribution is 0.0757. The van der Waals surface area contributed by atoms with Crippen LogP contribution in [-0.2, 0) is 0 Å². The molecule has 0 radical (unpaired) electrons. The second-order valence-corrected chi connectivity index (χ2v) is 3.96. The van der Waals surface area contributed by atoms with E-state index in [1.807, 2.05) is 4.90 Å². The molecule has 0 aromatic carbocycles. The van der Waals surface area contributed by atoms with Crippen molar-refractivity contribution in [3.8, 4) is 0 Å². The van der Waals surface area contributed by atoms with E-state index in [1.54, 1.807) is 12.1 Å². The summed E-state index contributed by atoms with van der Waals surface area (Å²) in [6.07, 6.45) is 1.54. The van der Waals surface area contributed by atoms with Crippen LogP contribution in [0.25, 0.3) is 0 Å². The number of amides is 1. The maximum absolute atomic E-state index is 11.8. The molecule has 1 amide bonds. The summed E-state index contributed by atoms with van der Waals surface area (Å²) in [7, 11) is 0. The predicted molar refractivity (Wildman–Crippen MR) is 49.9 cm³/mol. The first-order valence-electron chi connectivity index (χ1n) is 4.91. The molecule has 0 spiro atoms. The highest BCUT2D eigenvalue weighted by Gasteiger charge is 2.41. The summed E-state index contributed by atoms with van der Waals surface area (Å²) in [6, 6.07) is 3.99. The highest BCUT2D eigenvalue weighted by atomic mass is 16.3. The molecular weight excluding hydrogens is 180 g/mol. The summed E-state index contributed by atoms with van der Waals surface area (Å²) in [5.74, 6) is 1.13. The molecule has 4 heteroatoms. The van der Waals surface area contributed by atoms with Gasteiger partial charge < -0.3 is 14.6 Å². The van der Waals surface area contributed by atoms with E-state index in [2.05, 4.69) is 5.32 Å². The molecule has 2 aliphatic heterocycles. The van der Waals surface area contributed by atoms with Crippen LogP contribution >= 0.6 is 0 Å². The molecule has 1 N–H and O–H groups in total. The molecule has 74 valence electrons. The minimum absolute atomic E-state index is 0.0196. The van der Waals surface area contributed by atoms with Crippen molar-refractivity contribution < 1.29 is 9.21 Å². The van der Waals surface area contributed by atoms with Crippen LogP contribution in [0.3, 0.4) is 0 Å². The second-order valence-electron chi connectivity index (χ2n) is 3.96. The Morgan fingerprint density at radius 1 is 1.57 bits per heavy atom. The topological polar surface area (TPSA) is 45.5 Å². The molecule has 2 atom stereocenters. The fraction of sp³-hybridized carbons (Fsp3) is 0.500. The summed E-state index contributed by atoms with van der Waals surface area (Å²) >= 11 is 0. The van der Waals surface area contributed by atoms with Gasteiger partial charge in [0.15, 0.2) is 5.76 Å². The summed E-state index contributed by atoms with van der Waals surface area (Å²) in [4.78, 5) is 13.7. The molecule has 3 rings (SSSR count). The zero-order valence-electron chi connectivity index (χ0n) is 7.77. The van der Waals surface area contributed by atoms with Crippen molar-refractivity contribution >= 4 is 5.91 Å². The lowest BCUT2D eigenvalue weighted by Gasteiger charge is -2.29. The molecular formula is C10H12N2O2. The maximum atomic E-state index is 11.8. The first kappa shape index (κ1) is 8.05. The van der Waals surface area contributed by atoms with Crippen molar-refractivity contribution in [2.75, 3.05) is 19.6 Å². The van der Waals surface area contributed by atoms with Crippen molar-refractivity contribution in [2.24, 2.45) is 5.92 Å². The van der Waals surface area contributed by atoms with Crippen molar-refractivity contribution in [1.29, 1.82) is 0 Å². The number of carbonyl (C=O) groups excluding carboxylic acids is 1. The van der Waals surface area contributed by atoms with Gasteiger partial charge in [0.1, 0.15) is 0 Å². The van der Waals surface area contributed by atoms with Crippen LogP contribution in [0.5, 0.6) is 0 Å². The van der Waals surface area contributed by atoms with Crippen LogP contribution in [0.4, 0.5) is 0 Å². The van der Waals surface area contributed by atoms with Gasteiger partial charge in [0.25, 0.3) is 5.91 Å². The molecule has 2 saturated heterocycles. The normalized spacial score (nSPS) is 29.9. The molecule has 14 heavy (non-hydrogen) atoms. The molecule has 2 fully saturated rings. The van der Waals surface area contributed by atoms with Gasteiger partial charge in [0.2, 0.25) is 0 Å². The number of fused-ring (bicyclic) bond motifs is 1. The van der Waals surface area contributed by atoms with Crippen LogP contribution in [0.1, 0.15) is 10.6 Å². The highest BCUT2D eigenvalue weighted by molar-refractivity contribution is 5.91. The van der Waals surface area contributed by atoms with Crippen molar-refractivity contribution in [3.05, 3.63) is 24.2 Å². The first-order chi connectivity index (χ1) is 6.84. The van der Waals surface area contributed by atoms with Crippen LogP contribution in [-0.4, -0.2) is 36.5 Å². The third-order valence-electron chi connectivity index (χ3n) is 3.10. The quantitative estimate of drug-likeness (QED) is 0.697. The van der Waals surface area contributed by atoms with Gasteiger partial charge in [-0.3, -0.25) is 4.79 Å². The van der Waals surface area contributed by atoms with Crippen molar-refractivity contribution in [1.82, 2.24) is 10.2 Å². The number of likely N-dealkylation sites (tertiary alicyclic amines) is 1. The molecule has 0 saturated carbocycles. The van der Waals surface area contributed by atoms with E-state index in [9.17, 15) is 4.79 Å². The lowest BCUT2D eigenvalue weighted by atomic mass is 9.96. The zero-order chi connectivity index (χ0) is 9.54. The van der Waals surface area contributed by atoms with E-state index < -0.39 is 0 Å². The van der Waals surface area contributed by atoms with Gasteiger partial charge in [0, 0.05) is 31.6 Å². The van der Waals surface area contributed by atoms with E-state index in [-0.39, 0.29) is 5.91 Å². The Morgan fingerprint density at radius 2 is 2.50 bits per heavy atom. The number of rotatable bonds is 1. The minimum Gasteiger partial charge on any atom is -0.459 e. The van der Waals surface area contributed by atoms with Crippen LogP contribution in [0.2, 0.25) is 0 Å². The number of hydrogen-bond donors (Lipinski definition) is 1. The lowest BCUT2D eigenvalue weighted by Crippen LogP contribution is -2.51. The smallest absolute Gasteiger partial charge is 0.289 e. The standard InChI is InChI=1S/C10H12N2O2/c13-10(9-2-1-3-14-9)12-5-7-4-11-8(7)6-12/h1-3,7-8,11H,4-6H2. The first-order valence-corrected chi connectivity index (χ1v) is 4.91. The second kappa shape index (κ2) is 2.85. The Balaban J connectivity index is 1.74. The van der Waals surface area contributed by atoms with Crippen LogP contribution in [0.15, 0.2) is 22.8 Å². The number of nitrogens with one attached hydrogen (secondary N) is 1. The molecule has 3 heterocycles. The van der Waals surface area contributed by atoms with E-state index in [1.165, 1.54) is 6.26 Å². The minimum atomic E-state index is 0.0196. The number of hydrogen-bond acceptors (Lipinski definition) is 3. The Hall–Kier alpha value is -1.29. The predicted octanol–water partition coefficient (Wildman–Crippen LogP) is 0.323. The zero-order valence-corrected chi connectivity index (χ0v) is 7.77. The summed E-state index contributed by atoms with van der Waals surface area (Å²) in [6.45, 7) is 2.74. The molecule has 1 aromatic heterocycles. The van der Waals surface area contributed by atoms with Gasteiger partial charge in [0.05, 0.1) is 6.26 Å². The Bertz CT molecular complexity index is 335. The Morgan fingerprint density at radius 3 is 3.00 bits per heavy atom. The van der Waals surface area contributed by atoms with Gasteiger partial charge in [-0.15, -0.1) is 0 Å². The molecule has 2 aliphatic rings. The van der Waals surface area contributed by atoms with Crippen molar-refractivity contribution in [2.45, 2.75) is 6.04 Å². The van der Waals surface area contributed by atoms with Gasteiger partial charge in [-0.25, -0.2) is 0 Å². The summed E-state index contributed by atoms with van der Waals surface area (Å²) in [5, 5.41) is 3.31. The summed E-state index contributed by atoms with van der Waals surface area (Å²) < 4.78 is 5.09. The fourth-order valence-corrected chi connectivity index (χ4v) is 2.17. The van der Waals surface area contributed by atoms with Gasteiger partial charge in [-0.1, -0.05) is 0 Å². The highest BCUT2D eigenvalue weighted by Crippen LogP contribution is 2.24. The van der Waals surface area contributed by atoms with Crippen molar-refractivity contribution in [3.63, 3.8) is 0 Å².